The highest BCUT2D eigenvalue weighted by atomic mass is 79.9. The Morgan fingerprint density at radius 2 is 1.80 bits per heavy atom. The molecule has 112 valence electrons. The molecule has 0 bridgehead atoms. The molecule has 0 spiro atoms. The predicted octanol–water partition coefficient (Wildman–Crippen LogP) is 5.14. The van der Waals surface area contributed by atoms with Crippen molar-refractivity contribution in [3.8, 4) is 0 Å². The summed E-state index contributed by atoms with van der Waals surface area (Å²) in [5.74, 6) is -0.417. The van der Waals surface area contributed by atoms with E-state index in [-0.39, 0.29) is 22.2 Å². The predicted molar refractivity (Wildman–Crippen MR) is 74.1 cm³/mol. The maximum atomic E-state index is 13.1. The lowest BCUT2D eigenvalue weighted by Gasteiger charge is -2.27. The van der Waals surface area contributed by atoms with Crippen molar-refractivity contribution in [1.29, 1.82) is 0 Å². The molecule has 20 heavy (non-hydrogen) atoms. The quantitative estimate of drug-likeness (QED) is 0.427. The molecule has 1 aromatic rings. The Kier molecular flexibility index (Phi) is 5.18. The number of nitrogens with zero attached hydrogens (tertiary/aromatic N) is 1. The van der Waals surface area contributed by atoms with E-state index in [0.29, 0.717) is 6.07 Å². The van der Waals surface area contributed by atoms with Crippen LogP contribution in [0.5, 0.6) is 0 Å². The summed E-state index contributed by atoms with van der Waals surface area (Å²) < 4.78 is 39.4. The van der Waals surface area contributed by atoms with Crippen LogP contribution in [-0.4, -0.2) is 9.75 Å². The highest BCUT2D eigenvalue weighted by Crippen LogP contribution is 2.42. The second-order valence-corrected chi connectivity index (χ2v) is 6.42. The minimum Gasteiger partial charge on any atom is -0.258 e. The van der Waals surface area contributed by atoms with Crippen molar-refractivity contribution in [2.24, 2.45) is 5.92 Å². The third-order valence-corrected chi connectivity index (χ3v) is 3.69. The molecule has 1 rings (SSSR count). The standard InChI is InChI=1S/C13H15BrF3NO2/c1-7(2)12(8(3)14)10-5-4-9(18(19)20)6-11(10)13(15,16)17/h4-8,12H,1-3H3. The van der Waals surface area contributed by atoms with E-state index in [1.54, 1.807) is 6.92 Å². The molecule has 0 amide bonds. The highest BCUT2D eigenvalue weighted by Gasteiger charge is 2.38. The first-order valence-electron chi connectivity index (χ1n) is 6.05. The Morgan fingerprint density at radius 1 is 1.25 bits per heavy atom. The van der Waals surface area contributed by atoms with Crippen LogP contribution in [0.15, 0.2) is 18.2 Å². The minimum atomic E-state index is -4.61. The maximum absolute atomic E-state index is 13.1. The van der Waals surface area contributed by atoms with Gasteiger partial charge < -0.3 is 0 Å². The molecule has 0 heterocycles. The highest BCUT2D eigenvalue weighted by molar-refractivity contribution is 9.09. The molecule has 3 nitrogen and oxygen atoms in total. The second kappa shape index (κ2) is 6.11. The first kappa shape index (κ1) is 16.9. The van der Waals surface area contributed by atoms with Gasteiger partial charge >= 0.3 is 6.18 Å². The van der Waals surface area contributed by atoms with Gasteiger partial charge in [0.1, 0.15) is 0 Å². The van der Waals surface area contributed by atoms with Crippen molar-refractivity contribution in [2.75, 3.05) is 0 Å². The molecule has 0 saturated heterocycles. The minimum absolute atomic E-state index is 0.0352. The number of halogens is 4. The molecule has 1 aromatic carbocycles. The summed E-state index contributed by atoms with van der Waals surface area (Å²) in [4.78, 5) is 9.66. The Hall–Kier alpha value is -1.11. The van der Waals surface area contributed by atoms with Crippen LogP contribution in [0.2, 0.25) is 0 Å². The summed E-state index contributed by atoms with van der Waals surface area (Å²) in [5.41, 5.74) is -1.40. The third-order valence-electron chi connectivity index (χ3n) is 3.13. The Morgan fingerprint density at radius 3 is 2.15 bits per heavy atom. The zero-order chi connectivity index (χ0) is 15.7. The lowest BCUT2D eigenvalue weighted by Crippen LogP contribution is -2.20. The van der Waals surface area contributed by atoms with Crippen LogP contribution in [0.4, 0.5) is 18.9 Å². The van der Waals surface area contributed by atoms with Crippen molar-refractivity contribution >= 4 is 21.6 Å². The Bertz CT molecular complexity index is 493. The molecule has 0 aliphatic carbocycles. The number of rotatable bonds is 4. The number of hydrogen-bond acceptors (Lipinski definition) is 2. The number of hydrogen-bond donors (Lipinski definition) is 0. The van der Waals surface area contributed by atoms with Crippen LogP contribution in [0.25, 0.3) is 0 Å². The first-order chi connectivity index (χ1) is 9.05. The van der Waals surface area contributed by atoms with E-state index in [1.165, 1.54) is 6.07 Å². The number of nitro groups is 1. The zero-order valence-corrected chi connectivity index (χ0v) is 12.8. The number of benzene rings is 1. The fourth-order valence-electron chi connectivity index (χ4n) is 2.33. The molecule has 7 heteroatoms. The van der Waals surface area contributed by atoms with Gasteiger partial charge in [0.2, 0.25) is 0 Å². The van der Waals surface area contributed by atoms with Gasteiger partial charge in [-0.15, -0.1) is 0 Å². The van der Waals surface area contributed by atoms with Gasteiger partial charge in [-0.2, -0.15) is 13.2 Å². The van der Waals surface area contributed by atoms with Gasteiger partial charge in [-0.25, -0.2) is 0 Å². The van der Waals surface area contributed by atoms with Crippen molar-refractivity contribution < 1.29 is 18.1 Å². The average molecular weight is 354 g/mol. The molecule has 0 aliphatic heterocycles. The molecule has 0 fully saturated rings. The van der Waals surface area contributed by atoms with Gasteiger partial charge in [0, 0.05) is 17.0 Å². The van der Waals surface area contributed by atoms with E-state index in [9.17, 15) is 23.3 Å². The van der Waals surface area contributed by atoms with Crippen molar-refractivity contribution in [1.82, 2.24) is 0 Å². The number of nitro benzene ring substituents is 1. The van der Waals surface area contributed by atoms with E-state index >= 15 is 0 Å². The van der Waals surface area contributed by atoms with Crippen molar-refractivity contribution in [2.45, 2.75) is 37.7 Å². The lowest BCUT2D eigenvalue weighted by atomic mass is 9.83. The Labute approximate surface area is 123 Å². The van der Waals surface area contributed by atoms with E-state index in [4.69, 9.17) is 0 Å². The smallest absolute Gasteiger partial charge is 0.258 e. The van der Waals surface area contributed by atoms with Crippen LogP contribution in [0.1, 0.15) is 37.8 Å². The van der Waals surface area contributed by atoms with Crippen LogP contribution >= 0.6 is 15.9 Å². The van der Waals surface area contributed by atoms with Crippen LogP contribution in [0.3, 0.4) is 0 Å². The fourth-order valence-corrected chi connectivity index (χ4v) is 3.23. The SMILES string of the molecule is CC(C)C(c1ccc([N+](=O)[O-])cc1C(F)(F)F)C(C)Br. The monoisotopic (exact) mass is 353 g/mol. The number of alkyl halides is 4. The summed E-state index contributed by atoms with van der Waals surface area (Å²) in [6.45, 7) is 5.42. The molecular formula is C13H15BrF3NO2. The molecule has 2 atom stereocenters. The van der Waals surface area contributed by atoms with E-state index in [2.05, 4.69) is 15.9 Å². The largest absolute Gasteiger partial charge is 0.416 e. The van der Waals surface area contributed by atoms with Crippen LogP contribution in [0, 0.1) is 16.0 Å². The first-order valence-corrected chi connectivity index (χ1v) is 6.97. The molecule has 2 unspecified atom stereocenters. The van der Waals surface area contributed by atoms with Crippen LogP contribution in [-0.2, 0) is 6.18 Å². The van der Waals surface area contributed by atoms with E-state index in [0.717, 1.165) is 6.07 Å². The van der Waals surface area contributed by atoms with Gasteiger partial charge in [-0.05, 0) is 17.4 Å². The second-order valence-electron chi connectivity index (χ2n) is 4.97. The van der Waals surface area contributed by atoms with E-state index < -0.39 is 22.4 Å². The van der Waals surface area contributed by atoms with Crippen LogP contribution < -0.4 is 0 Å². The molecule has 0 N–H and O–H groups in total. The van der Waals surface area contributed by atoms with Crippen molar-refractivity contribution in [3.05, 3.63) is 39.4 Å². The molecule has 0 aromatic heterocycles. The summed E-state index contributed by atoms with van der Waals surface area (Å²) in [7, 11) is 0. The summed E-state index contributed by atoms with van der Waals surface area (Å²) in [6, 6.07) is 2.94. The average Bonchev–Trinajstić information content (AvgIpc) is 2.26. The fraction of sp³-hybridized carbons (Fsp3) is 0.538. The normalized spacial score (nSPS) is 15.2. The molecular weight excluding hydrogens is 339 g/mol. The van der Waals surface area contributed by atoms with E-state index in [1.807, 2.05) is 13.8 Å². The van der Waals surface area contributed by atoms with Gasteiger partial charge in [0.15, 0.2) is 0 Å². The molecule has 0 saturated carbocycles. The van der Waals surface area contributed by atoms with Gasteiger partial charge in [0.25, 0.3) is 5.69 Å². The Balaban J connectivity index is 3.49. The molecule has 0 aliphatic rings. The summed E-state index contributed by atoms with van der Waals surface area (Å²) in [5, 5.41) is 10.7. The molecule has 0 radical (unpaired) electrons. The lowest BCUT2D eigenvalue weighted by molar-refractivity contribution is -0.385. The number of non-ortho nitro benzene ring substituents is 1. The van der Waals surface area contributed by atoms with Crippen molar-refractivity contribution in [3.63, 3.8) is 0 Å². The third kappa shape index (κ3) is 3.71. The topological polar surface area (TPSA) is 43.1 Å². The van der Waals surface area contributed by atoms with Gasteiger partial charge in [-0.3, -0.25) is 10.1 Å². The van der Waals surface area contributed by atoms with Gasteiger partial charge in [-0.1, -0.05) is 42.8 Å². The maximum Gasteiger partial charge on any atom is 0.416 e. The zero-order valence-electron chi connectivity index (χ0n) is 11.2. The summed E-state index contributed by atoms with van der Waals surface area (Å²) in [6.07, 6.45) is -4.61. The van der Waals surface area contributed by atoms with Gasteiger partial charge in [0.05, 0.1) is 10.5 Å². The summed E-state index contributed by atoms with van der Waals surface area (Å²) >= 11 is 3.33.